The quantitative estimate of drug-likeness (QED) is 0.845. The molecule has 0 aliphatic carbocycles. The maximum atomic E-state index is 4.24. The van der Waals surface area contributed by atoms with Crippen molar-refractivity contribution in [1.29, 1.82) is 0 Å². The third-order valence-corrected chi connectivity index (χ3v) is 2.38. The summed E-state index contributed by atoms with van der Waals surface area (Å²) in [6.07, 6.45) is 1.91. The summed E-state index contributed by atoms with van der Waals surface area (Å²) in [6, 6.07) is 12.1. The lowest BCUT2D eigenvalue weighted by Crippen LogP contribution is -2.04. The van der Waals surface area contributed by atoms with Gasteiger partial charge in [-0.2, -0.15) is 5.10 Å². The second-order valence-corrected chi connectivity index (χ2v) is 3.70. The fourth-order valence-corrected chi connectivity index (χ4v) is 1.48. The van der Waals surface area contributed by atoms with E-state index in [0.29, 0.717) is 6.54 Å². The van der Waals surface area contributed by atoms with E-state index in [9.17, 15) is 0 Å². The zero-order valence-corrected chi connectivity index (χ0v) is 9.35. The lowest BCUT2D eigenvalue weighted by atomic mass is 10.1. The lowest BCUT2D eigenvalue weighted by molar-refractivity contribution is 0.770. The first-order chi connectivity index (χ1) is 7.75. The predicted molar refractivity (Wildman–Crippen MR) is 67.2 cm³/mol. The molecule has 2 aromatic rings. The molecule has 82 valence electrons. The number of rotatable bonds is 4. The molecule has 0 saturated carbocycles. The van der Waals surface area contributed by atoms with E-state index in [2.05, 4.69) is 29.1 Å². The van der Waals surface area contributed by atoms with Crippen LogP contribution in [0.2, 0.25) is 0 Å². The van der Waals surface area contributed by atoms with Gasteiger partial charge >= 0.3 is 0 Å². The zero-order valence-electron chi connectivity index (χ0n) is 9.35. The molecule has 0 spiro atoms. The van der Waals surface area contributed by atoms with Crippen LogP contribution in [0, 0.1) is 0 Å². The van der Waals surface area contributed by atoms with Crippen LogP contribution in [0.3, 0.4) is 0 Å². The van der Waals surface area contributed by atoms with Crippen molar-refractivity contribution in [2.75, 3.05) is 11.9 Å². The number of benzene rings is 1. The van der Waals surface area contributed by atoms with Gasteiger partial charge in [-0.1, -0.05) is 36.9 Å². The molecule has 0 aliphatic heterocycles. The van der Waals surface area contributed by atoms with Crippen molar-refractivity contribution in [3.8, 4) is 0 Å². The van der Waals surface area contributed by atoms with Gasteiger partial charge in [0.1, 0.15) is 5.82 Å². The van der Waals surface area contributed by atoms with Crippen molar-refractivity contribution in [2.45, 2.75) is 0 Å². The Balaban J connectivity index is 1.94. The topological polar surface area (TPSA) is 29.9 Å². The maximum absolute atomic E-state index is 4.24. The molecular weight excluding hydrogens is 198 g/mol. The Morgan fingerprint density at radius 3 is 2.69 bits per heavy atom. The summed E-state index contributed by atoms with van der Waals surface area (Å²) in [5, 5.41) is 7.47. The van der Waals surface area contributed by atoms with Gasteiger partial charge in [0.15, 0.2) is 0 Å². The maximum Gasteiger partial charge on any atom is 0.148 e. The van der Waals surface area contributed by atoms with Crippen LogP contribution >= 0.6 is 0 Å². The molecule has 0 bridgehead atoms. The highest BCUT2D eigenvalue weighted by Gasteiger charge is 1.99. The molecule has 1 aromatic carbocycles. The highest BCUT2D eigenvalue weighted by atomic mass is 15.3. The molecular formula is C13H15N3. The van der Waals surface area contributed by atoms with Crippen molar-refractivity contribution in [1.82, 2.24) is 9.78 Å². The third kappa shape index (κ3) is 2.51. The van der Waals surface area contributed by atoms with Crippen LogP contribution in [0.5, 0.6) is 0 Å². The summed E-state index contributed by atoms with van der Waals surface area (Å²) in [5.41, 5.74) is 2.22. The number of hydrogen-bond acceptors (Lipinski definition) is 2. The number of nitrogens with zero attached hydrogens (tertiary/aromatic N) is 2. The van der Waals surface area contributed by atoms with Crippen molar-refractivity contribution in [3.05, 3.63) is 54.7 Å². The van der Waals surface area contributed by atoms with Crippen molar-refractivity contribution >= 4 is 11.4 Å². The van der Waals surface area contributed by atoms with Crippen LogP contribution in [-0.4, -0.2) is 16.3 Å². The van der Waals surface area contributed by atoms with Crippen molar-refractivity contribution in [2.24, 2.45) is 7.05 Å². The number of aromatic nitrogens is 2. The van der Waals surface area contributed by atoms with Crippen LogP contribution in [0.4, 0.5) is 5.82 Å². The number of hydrogen-bond donors (Lipinski definition) is 1. The van der Waals surface area contributed by atoms with Crippen LogP contribution in [0.1, 0.15) is 5.56 Å². The molecule has 16 heavy (non-hydrogen) atoms. The van der Waals surface area contributed by atoms with E-state index in [-0.39, 0.29) is 0 Å². The predicted octanol–water partition coefficient (Wildman–Crippen LogP) is 2.55. The normalized spacial score (nSPS) is 10.1. The van der Waals surface area contributed by atoms with Gasteiger partial charge in [-0.05, 0) is 11.1 Å². The molecule has 0 aliphatic rings. The Bertz CT molecular complexity index is 471. The Labute approximate surface area is 95.4 Å². The summed E-state index contributed by atoms with van der Waals surface area (Å²) < 4.78 is 1.77. The molecule has 0 fully saturated rings. The molecule has 3 nitrogen and oxygen atoms in total. The number of nitrogens with one attached hydrogen (secondary N) is 1. The second-order valence-electron chi connectivity index (χ2n) is 3.70. The Hall–Kier alpha value is -2.03. The SMILES string of the molecule is C=C(CNc1ccn(C)n1)c1ccccc1. The smallest absolute Gasteiger partial charge is 0.148 e. The van der Waals surface area contributed by atoms with Gasteiger partial charge in [-0.15, -0.1) is 0 Å². The molecule has 2 rings (SSSR count). The number of anilines is 1. The monoisotopic (exact) mass is 213 g/mol. The van der Waals surface area contributed by atoms with Crippen LogP contribution in [0.25, 0.3) is 5.57 Å². The molecule has 1 N–H and O–H groups in total. The zero-order chi connectivity index (χ0) is 11.4. The minimum atomic E-state index is 0.709. The van der Waals surface area contributed by atoms with E-state index in [4.69, 9.17) is 0 Å². The largest absolute Gasteiger partial charge is 0.365 e. The van der Waals surface area contributed by atoms with Gasteiger partial charge in [0.05, 0.1) is 0 Å². The van der Waals surface area contributed by atoms with Crippen LogP contribution < -0.4 is 5.32 Å². The summed E-state index contributed by atoms with van der Waals surface area (Å²) in [4.78, 5) is 0. The Morgan fingerprint density at radius 1 is 1.31 bits per heavy atom. The van der Waals surface area contributed by atoms with Crippen molar-refractivity contribution < 1.29 is 0 Å². The van der Waals surface area contributed by atoms with E-state index in [1.807, 2.05) is 37.5 Å². The van der Waals surface area contributed by atoms with E-state index < -0.39 is 0 Å². The molecule has 0 radical (unpaired) electrons. The van der Waals surface area contributed by atoms with E-state index in [0.717, 1.165) is 17.0 Å². The van der Waals surface area contributed by atoms with Gasteiger partial charge in [0, 0.05) is 25.9 Å². The number of aryl methyl sites for hydroxylation is 1. The van der Waals surface area contributed by atoms with Crippen LogP contribution in [0.15, 0.2) is 49.2 Å². The van der Waals surface area contributed by atoms with E-state index >= 15 is 0 Å². The first-order valence-electron chi connectivity index (χ1n) is 5.22. The van der Waals surface area contributed by atoms with Crippen molar-refractivity contribution in [3.63, 3.8) is 0 Å². The molecule has 0 unspecified atom stereocenters. The summed E-state index contributed by atoms with van der Waals surface area (Å²) in [6.45, 7) is 4.76. The third-order valence-electron chi connectivity index (χ3n) is 2.38. The second kappa shape index (κ2) is 4.66. The van der Waals surface area contributed by atoms with Crippen LogP contribution in [-0.2, 0) is 7.05 Å². The minimum absolute atomic E-state index is 0.709. The molecule has 1 aromatic heterocycles. The highest BCUT2D eigenvalue weighted by Crippen LogP contribution is 2.12. The average molecular weight is 213 g/mol. The molecule has 0 amide bonds. The standard InChI is InChI=1S/C13H15N3/c1-11(12-6-4-3-5-7-12)10-14-13-8-9-16(2)15-13/h3-9H,1,10H2,2H3,(H,14,15). The fraction of sp³-hybridized carbons (Fsp3) is 0.154. The summed E-state index contributed by atoms with van der Waals surface area (Å²) in [7, 11) is 1.90. The van der Waals surface area contributed by atoms with Gasteiger partial charge < -0.3 is 5.32 Å². The summed E-state index contributed by atoms with van der Waals surface area (Å²) in [5.74, 6) is 0.875. The first-order valence-corrected chi connectivity index (χ1v) is 5.22. The van der Waals surface area contributed by atoms with E-state index in [1.54, 1.807) is 4.68 Å². The van der Waals surface area contributed by atoms with Gasteiger partial charge in [-0.3, -0.25) is 4.68 Å². The molecule has 3 heteroatoms. The Morgan fingerprint density at radius 2 is 2.06 bits per heavy atom. The highest BCUT2D eigenvalue weighted by molar-refractivity contribution is 5.66. The molecule has 0 saturated heterocycles. The van der Waals surface area contributed by atoms with Gasteiger partial charge in [0.2, 0.25) is 0 Å². The van der Waals surface area contributed by atoms with Gasteiger partial charge in [-0.25, -0.2) is 0 Å². The lowest BCUT2D eigenvalue weighted by Gasteiger charge is -2.06. The molecule has 1 heterocycles. The average Bonchev–Trinajstić information content (AvgIpc) is 2.73. The van der Waals surface area contributed by atoms with Gasteiger partial charge in [0.25, 0.3) is 0 Å². The summed E-state index contributed by atoms with van der Waals surface area (Å²) >= 11 is 0. The Kier molecular flexibility index (Phi) is 3.05. The fourth-order valence-electron chi connectivity index (χ4n) is 1.48. The minimum Gasteiger partial charge on any atom is -0.365 e. The first kappa shape index (κ1) is 10.5. The molecule has 0 atom stereocenters. The van der Waals surface area contributed by atoms with E-state index in [1.165, 1.54) is 0 Å².